The fourth-order valence-corrected chi connectivity index (χ4v) is 1.51. The second-order valence-electron chi connectivity index (χ2n) is 3.80. The molecule has 5 heteroatoms. The first-order chi connectivity index (χ1) is 8.69. The zero-order valence-corrected chi connectivity index (χ0v) is 9.98. The van der Waals surface area contributed by atoms with Gasteiger partial charge in [0.05, 0.1) is 12.8 Å². The van der Waals surface area contributed by atoms with Crippen LogP contribution in [-0.4, -0.2) is 12.1 Å². The lowest BCUT2D eigenvalue weighted by Gasteiger charge is -2.08. The molecule has 0 fully saturated rings. The van der Waals surface area contributed by atoms with Gasteiger partial charge in [0.2, 0.25) is 5.88 Å². The number of aromatic nitrogens is 1. The Hall–Kier alpha value is -2.30. The van der Waals surface area contributed by atoms with E-state index in [1.165, 1.54) is 6.07 Å². The highest BCUT2D eigenvalue weighted by atomic mass is 19.1. The van der Waals surface area contributed by atoms with Crippen molar-refractivity contribution in [3.8, 4) is 5.88 Å². The van der Waals surface area contributed by atoms with E-state index in [1.54, 1.807) is 31.5 Å². The monoisotopic (exact) mass is 247 g/mol. The lowest BCUT2D eigenvalue weighted by atomic mass is 10.2. The molecule has 0 aliphatic carbocycles. The van der Waals surface area contributed by atoms with Crippen LogP contribution < -0.4 is 15.8 Å². The highest BCUT2D eigenvalue weighted by Crippen LogP contribution is 2.17. The van der Waals surface area contributed by atoms with Gasteiger partial charge in [0.1, 0.15) is 5.82 Å². The number of pyridine rings is 1. The van der Waals surface area contributed by atoms with Crippen LogP contribution in [0.1, 0.15) is 5.56 Å². The van der Waals surface area contributed by atoms with E-state index >= 15 is 0 Å². The number of ether oxygens (including phenoxy) is 1. The van der Waals surface area contributed by atoms with Gasteiger partial charge in [0.15, 0.2) is 0 Å². The van der Waals surface area contributed by atoms with Crippen LogP contribution in [0.15, 0.2) is 36.5 Å². The summed E-state index contributed by atoms with van der Waals surface area (Å²) >= 11 is 0. The summed E-state index contributed by atoms with van der Waals surface area (Å²) in [5.74, 6) is 0.189. The number of rotatable bonds is 4. The largest absolute Gasteiger partial charge is 0.481 e. The highest BCUT2D eigenvalue weighted by molar-refractivity contribution is 5.52. The predicted octanol–water partition coefficient (Wildman–Crippen LogP) is 2.42. The molecule has 1 heterocycles. The van der Waals surface area contributed by atoms with Crippen LogP contribution in [0.2, 0.25) is 0 Å². The third-order valence-electron chi connectivity index (χ3n) is 2.48. The van der Waals surface area contributed by atoms with Crippen molar-refractivity contribution < 1.29 is 9.13 Å². The molecule has 0 unspecified atom stereocenters. The number of nitrogens with two attached hydrogens (primary N) is 1. The molecule has 0 atom stereocenters. The van der Waals surface area contributed by atoms with Crippen molar-refractivity contribution in [3.05, 3.63) is 47.9 Å². The Morgan fingerprint density at radius 1 is 1.33 bits per heavy atom. The molecule has 0 saturated heterocycles. The fourth-order valence-electron chi connectivity index (χ4n) is 1.51. The van der Waals surface area contributed by atoms with Gasteiger partial charge >= 0.3 is 0 Å². The van der Waals surface area contributed by atoms with Crippen LogP contribution in [-0.2, 0) is 6.54 Å². The minimum Gasteiger partial charge on any atom is -0.481 e. The van der Waals surface area contributed by atoms with Crippen molar-refractivity contribution in [2.45, 2.75) is 6.54 Å². The Morgan fingerprint density at radius 3 is 2.78 bits per heavy atom. The fraction of sp³-hybridized carbons (Fsp3) is 0.154. The Labute approximate surface area is 105 Å². The van der Waals surface area contributed by atoms with E-state index in [0.29, 0.717) is 23.8 Å². The molecule has 4 nitrogen and oxygen atoms in total. The van der Waals surface area contributed by atoms with E-state index < -0.39 is 0 Å². The minimum atomic E-state index is -0.364. The number of nitrogen functional groups attached to an aromatic ring is 1. The van der Waals surface area contributed by atoms with E-state index in [0.717, 1.165) is 5.56 Å². The standard InChI is InChI=1S/C13H14FN3O/c1-18-13-5-2-9(8-17-13)7-16-12-4-3-10(15)6-11(12)14/h2-6,8,16H,7,15H2,1H3. The van der Waals surface area contributed by atoms with Gasteiger partial charge in [0, 0.05) is 24.5 Å². The molecule has 3 N–H and O–H groups in total. The van der Waals surface area contributed by atoms with Gasteiger partial charge in [-0.2, -0.15) is 0 Å². The van der Waals surface area contributed by atoms with Crippen LogP contribution in [0.25, 0.3) is 0 Å². The van der Waals surface area contributed by atoms with Crippen LogP contribution in [0.4, 0.5) is 15.8 Å². The SMILES string of the molecule is COc1ccc(CNc2ccc(N)cc2F)cn1. The lowest BCUT2D eigenvalue weighted by Crippen LogP contribution is -2.02. The lowest BCUT2D eigenvalue weighted by molar-refractivity contribution is 0.397. The molecule has 0 radical (unpaired) electrons. The minimum absolute atomic E-state index is 0.364. The number of hydrogen-bond donors (Lipinski definition) is 2. The number of methoxy groups -OCH3 is 1. The van der Waals surface area contributed by atoms with Gasteiger partial charge < -0.3 is 15.8 Å². The zero-order chi connectivity index (χ0) is 13.0. The first-order valence-corrected chi connectivity index (χ1v) is 5.47. The van der Waals surface area contributed by atoms with E-state index in [2.05, 4.69) is 10.3 Å². The van der Waals surface area contributed by atoms with Crippen molar-refractivity contribution >= 4 is 11.4 Å². The van der Waals surface area contributed by atoms with E-state index in [4.69, 9.17) is 10.5 Å². The predicted molar refractivity (Wildman–Crippen MR) is 68.9 cm³/mol. The molecule has 1 aromatic heterocycles. The molecule has 0 spiro atoms. The highest BCUT2D eigenvalue weighted by Gasteiger charge is 2.02. The summed E-state index contributed by atoms with van der Waals surface area (Å²) in [6.45, 7) is 0.484. The van der Waals surface area contributed by atoms with Gasteiger partial charge in [-0.3, -0.25) is 0 Å². The summed E-state index contributed by atoms with van der Waals surface area (Å²) in [5.41, 5.74) is 7.24. The Balaban J connectivity index is 2.02. The molecular formula is C13H14FN3O. The number of anilines is 2. The van der Waals surface area contributed by atoms with Crippen LogP contribution in [0, 0.1) is 5.82 Å². The van der Waals surface area contributed by atoms with Crippen molar-refractivity contribution in [1.29, 1.82) is 0 Å². The summed E-state index contributed by atoms with van der Waals surface area (Å²) in [7, 11) is 1.56. The van der Waals surface area contributed by atoms with E-state index in [-0.39, 0.29) is 5.82 Å². The first kappa shape index (κ1) is 12.2. The average Bonchev–Trinajstić information content (AvgIpc) is 2.38. The third kappa shape index (κ3) is 2.88. The zero-order valence-electron chi connectivity index (χ0n) is 9.98. The summed E-state index contributed by atoms with van der Waals surface area (Å²) < 4.78 is 18.5. The van der Waals surface area contributed by atoms with Crippen molar-refractivity contribution in [3.63, 3.8) is 0 Å². The second-order valence-corrected chi connectivity index (χ2v) is 3.80. The Morgan fingerprint density at radius 2 is 2.17 bits per heavy atom. The number of hydrogen-bond acceptors (Lipinski definition) is 4. The molecule has 0 aliphatic rings. The average molecular weight is 247 g/mol. The Bertz CT molecular complexity index is 528. The van der Waals surface area contributed by atoms with Crippen molar-refractivity contribution in [2.24, 2.45) is 0 Å². The molecule has 2 rings (SSSR count). The van der Waals surface area contributed by atoms with Crippen molar-refractivity contribution in [2.75, 3.05) is 18.2 Å². The maximum atomic E-state index is 13.5. The maximum absolute atomic E-state index is 13.5. The molecule has 18 heavy (non-hydrogen) atoms. The summed E-state index contributed by atoms with van der Waals surface area (Å²) in [4.78, 5) is 4.07. The molecular weight excluding hydrogens is 233 g/mol. The van der Waals surface area contributed by atoms with Gasteiger partial charge in [0.25, 0.3) is 0 Å². The smallest absolute Gasteiger partial charge is 0.212 e. The molecule has 1 aromatic carbocycles. The van der Waals surface area contributed by atoms with Gasteiger partial charge in [-0.1, -0.05) is 6.07 Å². The Kier molecular flexibility index (Phi) is 3.62. The number of benzene rings is 1. The van der Waals surface area contributed by atoms with E-state index in [9.17, 15) is 4.39 Å². The van der Waals surface area contributed by atoms with Crippen molar-refractivity contribution in [1.82, 2.24) is 4.98 Å². The molecule has 2 aromatic rings. The molecule has 94 valence electrons. The normalized spacial score (nSPS) is 10.1. The summed E-state index contributed by atoms with van der Waals surface area (Å²) in [5, 5.41) is 2.98. The van der Waals surface area contributed by atoms with Gasteiger partial charge in [-0.25, -0.2) is 9.37 Å². The molecule has 0 amide bonds. The quantitative estimate of drug-likeness (QED) is 0.814. The van der Waals surface area contributed by atoms with Crippen LogP contribution >= 0.6 is 0 Å². The van der Waals surface area contributed by atoms with Crippen LogP contribution in [0.3, 0.4) is 0 Å². The van der Waals surface area contributed by atoms with Crippen LogP contribution in [0.5, 0.6) is 5.88 Å². The summed E-state index contributed by atoms with van der Waals surface area (Å²) in [6.07, 6.45) is 1.68. The number of nitrogens with zero attached hydrogens (tertiary/aromatic N) is 1. The maximum Gasteiger partial charge on any atom is 0.212 e. The number of nitrogens with one attached hydrogen (secondary N) is 1. The van der Waals surface area contributed by atoms with Gasteiger partial charge in [-0.05, 0) is 23.8 Å². The third-order valence-corrected chi connectivity index (χ3v) is 2.48. The van der Waals surface area contributed by atoms with Gasteiger partial charge in [-0.15, -0.1) is 0 Å². The number of halogens is 1. The molecule has 0 saturated carbocycles. The summed E-state index contributed by atoms with van der Waals surface area (Å²) in [6, 6.07) is 8.18. The topological polar surface area (TPSA) is 60.2 Å². The van der Waals surface area contributed by atoms with E-state index in [1.807, 2.05) is 6.07 Å². The molecule has 0 aliphatic heterocycles. The molecule has 0 bridgehead atoms. The second kappa shape index (κ2) is 5.35. The first-order valence-electron chi connectivity index (χ1n) is 5.47.